The van der Waals surface area contributed by atoms with Crippen molar-refractivity contribution >= 4 is 39.3 Å². The first-order chi connectivity index (χ1) is 19.7. The zero-order valence-electron chi connectivity index (χ0n) is 22.4. The lowest BCUT2D eigenvalue weighted by atomic mass is 9.94. The number of hydrogen-bond donors (Lipinski definition) is 4. The number of carbonyl (C=O) groups is 1. The maximum atomic E-state index is 12.7. The molecule has 7 rings (SSSR count). The Morgan fingerprint density at radius 1 is 1.02 bits per heavy atom. The predicted octanol–water partition coefficient (Wildman–Crippen LogP) is 4.88. The Morgan fingerprint density at radius 3 is 2.77 bits per heavy atom. The zero-order chi connectivity index (χ0) is 26.9. The molecule has 1 aromatic carbocycles. The number of pyridine rings is 2. The average Bonchev–Trinajstić information content (AvgIpc) is 3.62. The smallest absolute Gasteiger partial charge is 0.224 e. The largest absolute Gasteiger partial charge is 0.370 e. The number of imidazole rings is 1. The van der Waals surface area contributed by atoms with Gasteiger partial charge >= 0.3 is 0 Å². The quantitative estimate of drug-likeness (QED) is 0.244. The second kappa shape index (κ2) is 10.7. The molecule has 2 aliphatic heterocycles. The monoisotopic (exact) mass is 535 g/mol. The van der Waals surface area contributed by atoms with E-state index in [0.29, 0.717) is 29.5 Å². The molecule has 2 saturated heterocycles. The van der Waals surface area contributed by atoms with Crippen molar-refractivity contribution in [1.82, 2.24) is 35.5 Å². The number of piperidine rings is 2. The summed E-state index contributed by atoms with van der Waals surface area (Å²) in [4.78, 5) is 32.4. The number of fused-ring (bicyclic) bond motifs is 2. The van der Waals surface area contributed by atoms with Gasteiger partial charge < -0.3 is 20.5 Å². The number of nitrogens with one attached hydrogen (secondary N) is 4. The maximum absolute atomic E-state index is 12.7. The van der Waals surface area contributed by atoms with Crippen LogP contribution in [-0.2, 0) is 4.79 Å². The zero-order valence-corrected chi connectivity index (χ0v) is 22.4. The first kappa shape index (κ1) is 24.7. The molecule has 0 atom stereocenters. The molecule has 2 aliphatic rings. The SMILES string of the molecule is O=C(CC1CCNCC1)Nc1cncc(-c2ccc3[nH]nc(-c4nc5nccc(N6CCCCC6)c5[nH]4)c3c2)c1. The Bertz CT molecular complexity index is 1660. The molecule has 6 heterocycles. The Balaban J connectivity index is 1.17. The molecule has 4 aromatic heterocycles. The highest BCUT2D eigenvalue weighted by molar-refractivity contribution is 5.97. The van der Waals surface area contributed by atoms with Gasteiger partial charge in [-0.2, -0.15) is 5.10 Å². The molecule has 204 valence electrons. The van der Waals surface area contributed by atoms with E-state index in [0.717, 1.165) is 77.9 Å². The number of benzene rings is 1. The summed E-state index contributed by atoms with van der Waals surface area (Å²) in [6.07, 6.45) is 11.7. The minimum absolute atomic E-state index is 0.0424. The first-order valence-electron chi connectivity index (χ1n) is 14.3. The highest BCUT2D eigenvalue weighted by atomic mass is 16.1. The molecule has 2 fully saturated rings. The van der Waals surface area contributed by atoms with Crippen LogP contribution in [0.5, 0.6) is 0 Å². The van der Waals surface area contributed by atoms with Gasteiger partial charge in [0, 0.05) is 42.9 Å². The molecule has 5 aromatic rings. The number of amides is 1. The number of anilines is 2. The van der Waals surface area contributed by atoms with Gasteiger partial charge in [0.25, 0.3) is 0 Å². The summed E-state index contributed by atoms with van der Waals surface area (Å²) < 4.78 is 0. The van der Waals surface area contributed by atoms with Gasteiger partial charge in [0.15, 0.2) is 11.5 Å². The van der Waals surface area contributed by atoms with Crippen LogP contribution in [0.4, 0.5) is 11.4 Å². The number of aromatic amines is 2. The second-order valence-electron chi connectivity index (χ2n) is 10.9. The number of aromatic nitrogens is 6. The Hall–Kier alpha value is -4.31. The summed E-state index contributed by atoms with van der Waals surface area (Å²) in [6.45, 7) is 4.07. The number of H-pyrrole nitrogens is 2. The summed E-state index contributed by atoms with van der Waals surface area (Å²) in [5.74, 6) is 1.16. The minimum atomic E-state index is 0.0424. The Kier molecular flexibility index (Phi) is 6.60. The van der Waals surface area contributed by atoms with Crippen molar-refractivity contribution in [3.63, 3.8) is 0 Å². The van der Waals surface area contributed by atoms with Crippen LogP contribution in [0.2, 0.25) is 0 Å². The third kappa shape index (κ3) is 4.90. The van der Waals surface area contributed by atoms with Gasteiger partial charge in [-0.1, -0.05) is 6.07 Å². The third-order valence-corrected chi connectivity index (χ3v) is 8.14. The van der Waals surface area contributed by atoms with E-state index < -0.39 is 0 Å². The van der Waals surface area contributed by atoms with Crippen LogP contribution in [0, 0.1) is 5.92 Å². The molecule has 1 amide bonds. The molecule has 0 spiro atoms. The van der Waals surface area contributed by atoms with Crippen LogP contribution in [0.3, 0.4) is 0 Å². The van der Waals surface area contributed by atoms with Gasteiger partial charge in [0.05, 0.1) is 23.1 Å². The summed E-state index contributed by atoms with van der Waals surface area (Å²) in [6, 6.07) is 10.2. The van der Waals surface area contributed by atoms with Crippen LogP contribution in [0.25, 0.3) is 44.7 Å². The number of nitrogens with zero attached hydrogens (tertiary/aromatic N) is 5. The molecule has 40 heavy (non-hydrogen) atoms. The van der Waals surface area contributed by atoms with Crippen molar-refractivity contribution in [1.29, 1.82) is 0 Å². The van der Waals surface area contributed by atoms with Crippen molar-refractivity contribution < 1.29 is 4.79 Å². The molecule has 10 heteroatoms. The molecule has 0 radical (unpaired) electrons. The Morgan fingerprint density at radius 2 is 1.90 bits per heavy atom. The van der Waals surface area contributed by atoms with E-state index >= 15 is 0 Å². The van der Waals surface area contributed by atoms with Crippen LogP contribution in [0.1, 0.15) is 38.5 Å². The van der Waals surface area contributed by atoms with Crippen molar-refractivity contribution in [2.45, 2.75) is 38.5 Å². The van der Waals surface area contributed by atoms with E-state index in [1.54, 1.807) is 6.20 Å². The van der Waals surface area contributed by atoms with E-state index in [2.05, 4.69) is 52.8 Å². The third-order valence-electron chi connectivity index (χ3n) is 8.14. The Labute approximate surface area is 232 Å². The highest BCUT2D eigenvalue weighted by Crippen LogP contribution is 2.33. The fourth-order valence-corrected chi connectivity index (χ4v) is 6.01. The van der Waals surface area contributed by atoms with Crippen molar-refractivity contribution in [3.05, 3.63) is 48.9 Å². The highest BCUT2D eigenvalue weighted by Gasteiger charge is 2.20. The van der Waals surface area contributed by atoms with Crippen LogP contribution in [0.15, 0.2) is 48.9 Å². The van der Waals surface area contributed by atoms with Crippen LogP contribution >= 0.6 is 0 Å². The molecule has 0 saturated carbocycles. The van der Waals surface area contributed by atoms with E-state index in [1.807, 2.05) is 30.6 Å². The van der Waals surface area contributed by atoms with E-state index in [9.17, 15) is 4.79 Å². The summed E-state index contributed by atoms with van der Waals surface area (Å²) in [7, 11) is 0. The lowest BCUT2D eigenvalue weighted by molar-refractivity contribution is -0.117. The van der Waals surface area contributed by atoms with Crippen molar-refractivity contribution in [2.75, 3.05) is 36.4 Å². The van der Waals surface area contributed by atoms with Crippen molar-refractivity contribution in [2.24, 2.45) is 5.92 Å². The van der Waals surface area contributed by atoms with Gasteiger partial charge in [-0.3, -0.25) is 14.9 Å². The normalized spacial score (nSPS) is 16.6. The summed E-state index contributed by atoms with van der Waals surface area (Å²) in [5, 5.41) is 15.1. The lowest BCUT2D eigenvalue weighted by Gasteiger charge is -2.28. The van der Waals surface area contributed by atoms with Gasteiger partial charge in [0.1, 0.15) is 11.2 Å². The summed E-state index contributed by atoms with van der Waals surface area (Å²) in [5.41, 5.74) is 7.08. The van der Waals surface area contributed by atoms with Gasteiger partial charge in [-0.25, -0.2) is 9.97 Å². The molecule has 10 nitrogen and oxygen atoms in total. The lowest BCUT2D eigenvalue weighted by Crippen LogP contribution is -2.30. The molecular formula is C30H33N9O. The number of hydrogen-bond acceptors (Lipinski definition) is 7. The van der Waals surface area contributed by atoms with E-state index in [1.165, 1.54) is 19.3 Å². The van der Waals surface area contributed by atoms with Crippen LogP contribution < -0.4 is 15.5 Å². The predicted molar refractivity (Wildman–Crippen MR) is 157 cm³/mol. The fourth-order valence-electron chi connectivity index (χ4n) is 6.01. The number of rotatable bonds is 6. The topological polar surface area (TPSA) is 128 Å². The molecular weight excluding hydrogens is 502 g/mol. The van der Waals surface area contributed by atoms with Crippen LogP contribution in [-0.4, -0.2) is 62.2 Å². The van der Waals surface area contributed by atoms with Gasteiger partial charge in [-0.15, -0.1) is 0 Å². The van der Waals surface area contributed by atoms with E-state index in [-0.39, 0.29) is 5.91 Å². The minimum Gasteiger partial charge on any atom is -0.370 e. The molecule has 0 unspecified atom stereocenters. The first-order valence-corrected chi connectivity index (χ1v) is 14.3. The summed E-state index contributed by atoms with van der Waals surface area (Å²) >= 11 is 0. The molecule has 0 aliphatic carbocycles. The number of carbonyl (C=O) groups excluding carboxylic acids is 1. The van der Waals surface area contributed by atoms with Gasteiger partial charge in [-0.05, 0) is 80.9 Å². The standard InChI is InChI=1S/C30H33N9O/c40-26(14-19-6-9-31-10-7-19)34-22-15-21(17-32-18-22)20-4-5-24-23(16-20)27(38-37-24)30-35-28-25(8-11-33-29(28)36-30)39-12-2-1-3-13-39/h4-5,8,11,15-19,31H,1-3,6-7,9-10,12-14H2,(H,34,40)(H,37,38)(H,33,35,36). The van der Waals surface area contributed by atoms with Gasteiger partial charge in [0.2, 0.25) is 5.91 Å². The second-order valence-corrected chi connectivity index (χ2v) is 10.9. The average molecular weight is 536 g/mol. The molecule has 4 N–H and O–H groups in total. The maximum Gasteiger partial charge on any atom is 0.224 e. The molecule has 0 bridgehead atoms. The fraction of sp³-hybridized carbons (Fsp3) is 0.367. The van der Waals surface area contributed by atoms with Crippen molar-refractivity contribution in [3.8, 4) is 22.6 Å². The van der Waals surface area contributed by atoms with E-state index in [4.69, 9.17) is 4.98 Å².